The first-order valence-electron chi connectivity index (χ1n) is 4.80. The van der Waals surface area contributed by atoms with Crippen LogP contribution in [0.2, 0.25) is 0 Å². The monoisotopic (exact) mass is 253 g/mol. The van der Waals surface area contributed by atoms with E-state index < -0.39 is 0 Å². The summed E-state index contributed by atoms with van der Waals surface area (Å²) in [6.07, 6.45) is 0. The largest absolute Gasteiger partial charge is 0.507 e. The van der Waals surface area contributed by atoms with Crippen molar-refractivity contribution in [1.29, 1.82) is 0 Å². The Morgan fingerprint density at radius 2 is 2.06 bits per heavy atom. The number of phenolic OH excluding ortho intramolecular Hbond substituents is 1. The molecule has 0 radical (unpaired) electrons. The normalized spacial score (nSPS) is 10.9. The number of rotatable bonds is 3. The molecule has 0 bridgehead atoms. The van der Waals surface area contributed by atoms with E-state index in [1.165, 1.54) is 0 Å². The van der Waals surface area contributed by atoms with E-state index in [4.69, 9.17) is 11.0 Å². The fourth-order valence-corrected chi connectivity index (χ4v) is 2.11. The van der Waals surface area contributed by atoms with Gasteiger partial charge in [-0.05, 0) is 30.5 Å². The zero-order valence-electron chi connectivity index (χ0n) is 9.01. The number of phenols is 1. The quantitative estimate of drug-likeness (QED) is 0.337. The van der Waals surface area contributed by atoms with Crippen LogP contribution in [0.1, 0.15) is 5.56 Å². The summed E-state index contributed by atoms with van der Waals surface area (Å²) in [6, 6.07) is 7.06. The van der Waals surface area contributed by atoms with Gasteiger partial charge in [0.15, 0.2) is 0 Å². The van der Waals surface area contributed by atoms with Crippen LogP contribution in [0.15, 0.2) is 29.2 Å². The summed E-state index contributed by atoms with van der Waals surface area (Å²) in [6.45, 7) is 1.74. The summed E-state index contributed by atoms with van der Waals surface area (Å²) >= 11 is 0.817. The van der Waals surface area contributed by atoms with Crippen molar-refractivity contribution < 1.29 is 19.7 Å². The summed E-state index contributed by atoms with van der Waals surface area (Å²) in [5.74, 6) is 0.138. The molecule has 0 aliphatic carbocycles. The third-order valence-corrected chi connectivity index (χ3v) is 3.23. The number of fused-ring (bicyclic) bond motifs is 1. The first kappa shape index (κ1) is 12.0. The van der Waals surface area contributed by atoms with Crippen molar-refractivity contribution in [2.75, 3.05) is 5.73 Å². The van der Waals surface area contributed by atoms with Crippen molar-refractivity contribution in [3.05, 3.63) is 29.8 Å². The van der Waals surface area contributed by atoms with Gasteiger partial charge in [-0.3, -0.25) is 0 Å². The van der Waals surface area contributed by atoms with E-state index >= 15 is 0 Å². The van der Waals surface area contributed by atoms with E-state index in [1.54, 1.807) is 25.1 Å². The lowest BCUT2D eigenvalue weighted by molar-refractivity contribution is -0.432. The maximum absolute atomic E-state index is 10.0. The number of hydrogen-bond donors (Lipinski definition) is 3. The minimum atomic E-state index is 0.138. The van der Waals surface area contributed by atoms with Crippen LogP contribution in [0.3, 0.4) is 0 Å². The van der Waals surface area contributed by atoms with Crippen LogP contribution in [-0.2, 0) is 9.37 Å². The zero-order chi connectivity index (χ0) is 12.4. The molecule has 5 nitrogen and oxygen atoms in total. The van der Waals surface area contributed by atoms with E-state index in [0.29, 0.717) is 21.5 Å². The van der Waals surface area contributed by atoms with Crippen LogP contribution in [0.4, 0.5) is 5.69 Å². The predicted molar refractivity (Wildman–Crippen MR) is 65.4 cm³/mol. The summed E-state index contributed by atoms with van der Waals surface area (Å²) < 4.78 is 4.36. The molecule has 2 rings (SSSR count). The SMILES string of the molecule is Cc1c(SOOO)cc2ccc(N)cc2c1O. The van der Waals surface area contributed by atoms with Crippen LogP contribution in [0.25, 0.3) is 10.8 Å². The highest BCUT2D eigenvalue weighted by Gasteiger charge is 2.11. The van der Waals surface area contributed by atoms with Crippen molar-refractivity contribution in [2.24, 2.45) is 0 Å². The lowest BCUT2D eigenvalue weighted by atomic mass is 10.1. The fourth-order valence-electron chi connectivity index (χ4n) is 1.61. The highest BCUT2D eigenvalue weighted by Crippen LogP contribution is 2.37. The zero-order valence-corrected chi connectivity index (χ0v) is 9.82. The lowest BCUT2D eigenvalue weighted by Crippen LogP contribution is -1.88. The first-order chi connectivity index (χ1) is 8.13. The smallest absolute Gasteiger partial charge is 0.127 e. The Kier molecular flexibility index (Phi) is 3.39. The molecule has 0 atom stereocenters. The topological polar surface area (TPSA) is 84.9 Å². The second-order valence-electron chi connectivity index (χ2n) is 3.55. The van der Waals surface area contributed by atoms with Gasteiger partial charge in [0.1, 0.15) is 5.75 Å². The molecule has 0 spiro atoms. The minimum absolute atomic E-state index is 0.138. The van der Waals surface area contributed by atoms with Crippen LogP contribution in [0, 0.1) is 6.92 Å². The number of benzene rings is 2. The lowest BCUT2D eigenvalue weighted by Gasteiger charge is -2.09. The Morgan fingerprint density at radius 1 is 1.29 bits per heavy atom. The number of nitrogen functional groups attached to an aromatic ring is 1. The molecule has 0 saturated carbocycles. The number of hydrogen-bond acceptors (Lipinski definition) is 6. The second-order valence-corrected chi connectivity index (χ2v) is 4.30. The minimum Gasteiger partial charge on any atom is -0.507 e. The average molecular weight is 253 g/mol. The van der Waals surface area contributed by atoms with Crippen LogP contribution < -0.4 is 5.73 Å². The molecule has 0 heterocycles. The maximum atomic E-state index is 10.0. The Labute approximate surface area is 102 Å². The first-order valence-corrected chi connectivity index (χ1v) is 5.54. The fraction of sp³-hybridized carbons (Fsp3) is 0.0909. The van der Waals surface area contributed by atoms with Crippen LogP contribution in [0.5, 0.6) is 5.75 Å². The Hall–Kier alpha value is -1.47. The summed E-state index contributed by atoms with van der Waals surface area (Å²) in [4.78, 5) is 0.647. The van der Waals surface area contributed by atoms with E-state index in [-0.39, 0.29) is 5.75 Å². The Bertz CT molecular complexity index is 559. The summed E-state index contributed by atoms with van der Waals surface area (Å²) in [5, 5.41) is 23.2. The van der Waals surface area contributed by atoms with Gasteiger partial charge in [0.25, 0.3) is 0 Å². The number of aromatic hydroxyl groups is 1. The molecule has 2 aromatic carbocycles. The van der Waals surface area contributed by atoms with Crippen molar-refractivity contribution in [3.63, 3.8) is 0 Å². The Morgan fingerprint density at radius 3 is 2.76 bits per heavy atom. The molecule has 2 aromatic rings. The summed E-state index contributed by atoms with van der Waals surface area (Å²) in [7, 11) is 0. The van der Waals surface area contributed by atoms with Crippen molar-refractivity contribution >= 4 is 28.5 Å². The highest BCUT2D eigenvalue weighted by atomic mass is 32.2. The molecule has 90 valence electrons. The molecule has 17 heavy (non-hydrogen) atoms. The molecule has 0 aliphatic rings. The van der Waals surface area contributed by atoms with Gasteiger partial charge in [-0.25, -0.2) is 5.26 Å². The maximum Gasteiger partial charge on any atom is 0.127 e. The second kappa shape index (κ2) is 4.80. The van der Waals surface area contributed by atoms with E-state index in [0.717, 1.165) is 17.4 Å². The van der Waals surface area contributed by atoms with Crippen molar-refractivity contribution in [1.82, 2.24) is 0 Å². The number of anilines is 1. The van der Waals surface area contributed by atoms with Crippen LogP contribution >= 0.6 is 12.0 Å². The molecule has 0 aromatic heterocycles. The molecule has 4 N–H and O–H groups in total. The van der Waals surface area contributed by atoms with E-state index in [1.807, 2.05) is 6.07 Å². The van der Waals surface area contributed by atoms with Gasteiger partial charge in [-0.2, -0.15) is 0 Å². The molecule has 0 fully saturated rings. The molecule has 0 saturated heterocycles. The molecular formula is C11H11NO4S. The third kappa shape index (κ3) is 2.29. The van der Waals surface area contributed by atoms with E-state index in [9.17, 15) is 5.11 Å². The molecular weight excluding hydrogens is 242 g/mol. The van der Waals surface area contributed by atoms with Gasteiger partial charge in [0.2, 0.25) is 0 Å². The van der Waals surface area contributed by atoms with Crippen molar-refractivity contribution in [3.8, 4) is 5.75 Å². The predicted octanol–water partition coefficient (Wildman–Crippen LogP) is 2.86. The van der Waals surface area contributed by atoms with E-state index in [2.05, 4.69) is 9.37 Å². The van der Waals surface area contributed by atoms with Gasteiger partial charge < -0.3 is 10.8 Å². The standard InChI is InChI=1S/C11H11NO4S/c1-6-10(17-16-15-14)4-7-2-3-8(12)5-9(7)11(6)13/h2-5,13-14H,12H2,1H3. The number of nitrogens with two attached hydrogens (primary N) is 1. The molecule has 6 heteroatoms. The summed E-state index contributed by atoms with van der Waals surface area (Å²) in [5.41, 5.74) is 6.88. The van der Waals surface area contributed by atoms with Crippen LogP contribution in [-0.4, -0.2) is 10.4 Å². The highest BCUT2D eigenvalue weighted by molar-refractivity contribution is 7.94. The third-order valence-electron chi connectivity index (χ3n) is 2.50. The van der Waals surface area contributed by atoms with Gasteiger partial charge in [-0.15, -0.1) is 4.33 Å². The van der Waals surface area contributed by atoms with Gasteiger partial charge in [0.05, 0.1) is 12.0 Å². The van der Waals surface area contributed by atoms with Gasteiger partial charge >= 0.3 is 0 Å². The Balaban J connectivity index is 2.58. The molecule has 0 amide bonds. The average Bonchev–Trinajstić information content (AvgIpc) is 2.33. The van der Waals surface area contributed by atoms with Gasteiger partial charge in [-0.1, -0.05) is 11.1 Å². The van der Waals surface area contributed by atoms with Gasteiger partial charge in [0, 0.05) is 21.5 Å². The van der Waals surface area contributed by atoms with Crippen molar-refractivity contribution in [2.45, 2.75) is 11.8 Å². The molecule has 0 aliphatic heterocycles. The molecule has 0 unspecified atom stereocenters.